The predicted octanol–water partition coefficient (Wildman–Crippen LogP) is 3.41. The molecule has 1 amide bonds. The second-order valence-corrected chi connectivity index (χ2v) is 6.38. The molecule has 1 fully saturated rings. The molecule has 8 heteroatoms. The van der Waals surface area contributed by atoms with Crippen LogP contribution < -0.4 is 14.4 Å². The number of carbonyl (C=O) groups excluding carboxylic acids is 1. The standard InChI is InChI=1S/C20H18FN3O4/c1-26-16-8-7-13(10-17(16)27-2)24-11-12(9-18(24)25)20-22-19(23-28-20)14-5-3-4-6-15(14)21/h3-8,10,12H,9,11H2,1-2H3/t12-/m1/s1. The van der Waals surface area contributed by atoms with Crippen molar-refractivity contribution < 1.29 is 23.2 Å². The summed E-state index contributed by atoms with van der Waals surface area (Å²) in [6, 6.07) is 11.5. The number of rotatable bonds is 5. The monoisotopic (exact) mass is 383 g/mol. The van der Waals surface area contributed by atoms with Gasteiger partial charge in [-0.15, -0.1) is 0 Å². The second-order valence-electron chi connectivity index (χ2n) is 6.38. The van der Waals surface area contributed by atoms with E-state index in [0.717, 1.165) is 0 Å². The summed E-state index contributed by atoms with van der Waals surface area (Å²) >= 11 is 0. The highest BCUT2D eigenvalue weighted by Gasteiger charge is 2.35. The van der Waals surface area contributed by atoms with E-state index in [1.807, 2.05) is 0 Å². The minimum atomic E-state index is -0.427. The van der Waals surface area contributed by atoms with Gasteiger partial charge in [-0.2, -0.15) is 4.98 Å². The van der Waals surface area contributed by atoms with Gasteiger partial charge in [0.05, 0.1) is 25.7 Å². The lowest BCUT2D eigenvalue weighted by atomic mass is 10.1. The van der Waals surface area contributed by atoms with Gasteiger partial charge in [-0.1, -0.05) is 17.3 Å². The molecule has 7 nitrogen and oxygen atoms in total. The van der Waals surface area contributed by atoms with Crippen molar-refractivity contribution in [2.24, 2.45) is 0 Å². The van der Waals surface area contributed by atoms with E-state index in [4.69, 9.17) is 14.0 Å². The van der Waals surface area contributed by atoms with E-state index in [2.05, 4.69) is 10.1 Å². The average molecular weight is 383 g/mol. The first-order valence-electron chi connectivity index (χ1n) is 8.71. The van der Waals surface area contributed by atoms with Crippen molar-refractivity contribution in [2.75, 3.05) is 25.7 Å². The minimum Gasteiger partial charge on any atom is -0.493 e. The molecule has 0 spiro atoms. The molecule has 1 atom stereocenters. The summed E-state index contributed by atoms with van der Waals surface area (Å²) in [6.45, 7) is 0.382. The number of amides is 1. The van der Waals surface area contributed by atoms with Gasteiger partial charge in [0.15, 0.2) is 11.5 Å². The van der Waals surface area contributed by atoms with Gasteiger partial charge < -0.3 is 18.9 Å². The van der Waals surface area contributed by atoms with Crippen molar-refractivity contribution >= 4 is 11.6 Å². The van der Waals surface area contributed by atoms with Crippen LogP contribution in [0.1, 0.15) is 18.2 Å². The molecule has 1 saturated heterocycles. The maximum absolute atomic E-state index is 13.9. The van der Waals surface area contributed by atoms with Gasteiger partial charge in [0.1, 0.15) is 5.82 Å². The molecule has 0 unspecified atom stereocenters. The topological polar surface area (TPSA) is 77.7 Å². The summed E-state index contributed by atoms with van der Waals surface area (Å²) in [5, 5.41) is 3.87. The third-order valence-corrected chi connectivity index (χ3v) is 4.71. The lowest BCUT2D eigenvalue weighted by Crippen LogP contribution is -2.24. The highest BCUT2D eigenvalue weighted by Crippen LogP contribution is 2.36. The van der Waals surface area contributed by atoms with E-state index in [1.165, 1.54) is 6.07 Å². The number of halogens is 1. The van der Waals surface area contributed by atoms with Crippen molar-refractivity contribution in [1.29, 1.82) is 0 Å². The quantitative estimate of drug-likeness (QED) is 0.672. The van der Waals surface area contributed by atoms with Crippen LogP contribution in [0.5, 0.6) is 11.5 Å². The molecule has 144 valence electrons. The number of hydrogen-bond acceptors (Lipinski definition) is 6. The summed E-state index contributed by atoms with van der Waals surface area (Å²) in [5.74, 6) is 0.845. The number of carbonyl (C=O) groups is 1. The maximum atomic E-state index is 13.9. The normalized spacial score (nSPS) is 16.5. The Kier molecular flexibility index (Phi) is 4.68. The number of ether oxygens (including phenoxy) is 2. The van der Waals surface area contributed by atoms with Crippen molar-refractivity contribution in [1.82, 2.24) is 10.1 Å². The third kappa shape index (κ3) is 3.17. The third-order valence-electron chi connectivity index (χ3n) is 4.71. The van der Waals surface area contributed by atoms with Crippen LogP contribution >= 0.6 is 0 Å². The highest BCUT2D eigenvalue weighted by atomic mass is 19.1. The molecule has 0 radical (unpaired) electrons. The number of anilines is 1. The number of aromatic nitrogens is 2. The Morgan fingerprint density at radius 1 is 1.14 bits per heavy atom. The van der Waals surface area contributed by atoms with Gasteiger partial charge in [0.25, 0.3) is 0 Å². The number of hydrogen-bond donors (Lipinski definition) is 0. The number of nitrogens with zero attached hydrogens (tertiary/aromatic N) is 3. The van der Waals surface area contributed by atoms with Crippen molar-refractivity contribution in [3.63, 3.8) is 0 Å². The first-order chi connectivity index (χ1) is 13.6. The zero-order valence-electron chi connectivity index (χ0n) is 15.4. The van der Waals surface area contributed by atoms with E-state index in [-0.39, 0.29) is 29.6 Å². The van der Waals surface area contributed by atoms with Crippen molar-refractivity contribution in [3.8, 4) is 22.9 Å². The van der Waals surface area contributed by atoms with Gasteiger partial charge in [-0.25, -0.2) is 4.39 Å². The molecule has 2 heterocycles. The van der Waals surface area contributed by atoms with Crippen LogP contribution in [0.4, 0.5) is 10.1 Å². The lowest BCUT2D eigenvalue weighted by molar-refractivity contribution is -0.117. The van der Waals surface area contributed by atoms with Crippen LogP contribution in [0.2, 0.25) is 0 Å². The summed E-state index contributed by atoms with van der Waals surface area (Å²) in [4.78, 5) is 18.5. The largest absolute Gasteiger partial charge is 0.493 e. The first-order valence-corrected chi connectivity index (χ1v) is 8.71. The van der Waals surface area contributed by atoms with Crippen LogP contribution in [0.3, 0.4) is 0 Å². The van der Waals surface area contributed by atoms with E-state index in [9.17, 15) is 9.18 Å². The van der Waals surface area contributed by atoms with Crippen LogP contribution in [0.15, 0.2) is 47.0 Å². The fourth-order valence-electron chi connectivity index (χ4n) is 3.27. The fourth-order valence-corrected chi connectivity index (χ4v) is 3.27. The van der Waals surface area contributed by atoms with E-state index in [0.29, 0.717) is 29.6 Å². The molecule has 28 heavy (non-hydrogen) atoms. The predicted molar refractivity (Wildman–Crippen MR) is 98.9 cm³/mol. The van der Waals surface area contributed by atoms with Gasteiger partial charge in [-0.3, -0.25) is 4.79 Å². The minimum absolute atomic E-state index is 0.0668. The second kappa shape index (κ2) is 7.30. The zero-order valence-corrected chi connectivity index (χ0v) is 15.4. The van der Waals surface area contributed by atoms with Gasteiger partial charge in [-0.05, 0) is 24.3 Å². The Morgan fingerprint density at radius 2 is 1.93 bits per heavy atom. The first kappa shape index (κ1) is 18.0. The fraction of sp³-hybridized carbons (Fsp3) is 0.250. The van der Waals surface area contributed by atoms with E-state index >= 15 is 0 Å². The SMILES string of the molecule is COc1ccc(N2C[C@H](c3nc(-c4ccccc4F)no3)CC2=O)cc1OC. The van der Waals surface area contributed by atoms with Crippen LogP contribution in [-0.4, -0.2) is 36.8 Å². The molecular weight excluding hydrogens is 365 g/mol. The van der Waals surface area contributed by atoms with Crippen molar-refractivity contribution in [3.05, 3.63) is 54.2 Å². The lowest BCUT2D eigenvalue weighted by Gasteiger charge is -2.18. The Bertz CT molecular complexity index is 1020. The Balaban J connectivity index is 1.57. The summed E-state index contributed by atoms with van der Waals surface area (Å²) in [5.41, 5.74) is 0.956. The molecule has 0 aliphatic carbocycles. The molecule has 0 saturated carbocycles. The molecule has 1 aliphatic heterocycles. The molecule has 4 rings (SSSR count). The van der Waals surface area contributed by atoms with Crippen LogP contribution in [-0.2, 0) is 4.79 Å². The van der Waals surface area contributed by atoms with E-state index in [1.54, 1.807) is 55.5 Å². The zero-order chi connectivity index (χ0) is 19.7. The summed E-state index contributed by atoms with van der Waals surface area (Å²) < 4.78 is 29.8. The number of benzene rings is 2. The smallest absolute Gasteiger partial charge is 0.232 e. The molecule has 0 N–H and O–H groups in total. The summed E-state index contributed by atoms with van der Waals surface area (Å²) in [6.07, 6.45) is 0.229. The molecule has 3 aromatic rings. The van der Waals surface area contributed by atoms with Gasteiger partial charge in [0.2, 0.25) is 17.6 Å². The Labute approximate surface area is 160 Å². The molecule has 2 aromatic carbocycles. The molecular formula is C20H18FN3O4. The highest BCUT2D eigenvalue weighted by molar-refractivity contribution is 5.96. The number of methoxy groups -OCH3 is 2. The van der Waals surface area contributed by atoms with Crippen molar-refractivity contribution in [2.45, 2.75) is 12.3 Å². The molecule has 1 aromatic heterocycles. The maximum Gasteiger partial charge on any atom is 0.232 e. The van der Waals surface area contributed by atoms with Crippen LogP contribution in [0, 0.1) is 5.82 Å². The van der Waals surface area contributed by atoms with E-state index < -0.39 is 5.82 Å². The average Bonchev–Trinajstić information content (AvgIpc) is 3.34. The molecule has 1 aliphatic rings. The molecule has 0 bridgehead atoms. The summed E-state index contributed by atoms with van der Waals surface area (Å²) in [7, 11) is 3.09. The van der Waals surface area contributed by atoms with Crippen LogP contribution in [0.25, 0.3) is 11.4 Å². The van der Waals surface area contributed by atoms with Gasteiger partial charge >= 0.3 is 0 Å². The van der Waals surface area contributed by atoms with Gasteiger partial charge in [0, 0.05) is 24.7 Å². The Morgan fingerprint density at radius 3 is 2.68 bits per heavy atom. The Hall–Kier alpha value is -3.42.